The van der Waals surface area contributed by atoms with Crippen LogP contribution in [0.4, 0.5) is 0 Å². The summed E-state index contributed by atoms with van der Waals surface area (Å²) >= 11 is 1.71. The van der Waals surface area contributed by atoms with Gasteiger partial charge in [-0.3, -0.25) is 4.40 Å². The van der Waals surface area contributed by atoms with Crippen LogP contribution < -0.4 is 4.74 Å². The Morgan fingerprint density at radius 3 is 2.71 bits per heavy atom. The van der Waals surface area contributed by atoms with E-state index in [1.807, 2.05) is 12.1 Å². The van der Waals surface area contributed by atoms with Gasteiger partial charge in [-0.1, -0.05) is 24.3 Å². The van der Waals surface area contributed by atoms with E-state index < -0.39 is 0 Å². The molecule has 0 unspecified atom stereocenters. The number of methoxy groups -OCH3 is 1. The lowest BCUT2D eigenvalue weighted by Crippen LogP contribution is -2.05. The van der Waals surface area contributed by atoms with Gasteiger partial charge in [-0.25, -0.2) is 4.98 Å². The number of aromatic nitrogens is 2. The molecule has 2 aromatic heterocycles. The largest absolute Gasteiger partial charge is 0.497 e. The van der Waals surface area contributed by atoms with E-state index in [4.69, 9.17) is 9.72 Å². The zero-order chi connectivity index (χ0) is 16.1. The normalized spacial score (nSPS) is 12.9. The minimum absolute atomic E-state index is 0.881. The molecule has 0 amide bonds. The van der Waals surface area contributed by atoms with Gasteiger partial charge < -0.3 is 4.74 Å². The number of nitrogens with zero attached hydrogens (tertiary/aromatic N) is 2. The number of benzene rings is 2. The molecule has 24 heavy (non-hydrogen) atoms. The monoisotopic (exact) mass is 332 g/mol. The van der Waals surface area contributed by atoms with Crippen molar-refractivity contribution in [3.8, 4) is 28.3 Å². The standard InChI is InChI=1S/C20H16N2OS/c1-23-15-9-6-14(7-10-15)18-12-24-20-21-19-16-5-3-2-4-13(16)8-11-17(19)22(18)20/h2-7,9-10,12H,8,11H2,1H3. The molecule has 0 aliphatic heterocycles. The maximum Gasteiger partial charge on any atom is 0.194 e. The van der Waals surface area contributed by atoms with Crippen LogP contribution in [0.3, 0.4) is 0 Å². The van der Waals surface area contributed by atoms with Gasteiger partial charge in [0.15, 0.2) is 4.96 Å². The van der Waals surface area contributed by atoms with Gasteiger partial charge in [0.2, 0.25) is 0 Å². The summed E-state index contributed by atoms with van der Waals surface area (Å²) in [7, 11) is 1.70. The van der Waals surface area contributed by atoms with Crippen LogP contribution in [-0.2, 0) is 12.8 Å². The highest BCUT2D eigenvalue weighted by molar-refractivity contribution is 7.15. The van der Waals surface area contributed by atoms with Crippen molar-refractivity contribution in [3.05, 3.63) is 65.2 Å². The van der Waals surface area contributed by atoms with E-state index in [0.29, 0.717) is 0 Å². The molecule has 0 bridgehead atoms. The number of rotatable bonds is 2. The molecule has 0 spiro atoms. The lowest BCUT2D eigenvalue weighted by Gasteiger charge is -2.16. The second-order valence-electron chi connectivity index (χ2n) is 6.03. The fourth-order valence-corrected chi connectivity index (χ4v) is 4.46. The molecule has 1 aliphatic rings. The number of thiazole rings is 1. The van der Waals surface area contributed by atoms with Gasteiger partial charge in [0.05, 0.1) is 24.2 Å². The molecule has 4 heteroatoms. The third-order valence-corrected chi connectivity index (χ3v) is 5.57. The molecular formula is C20H16N2OS. The summed E-state index contributed by atoms with van der Waals surface area (Å²) in [6.07, 6.45) is 2.11. The van der Waals surface area contributed by atoms with Crippen molar-refractivity contribution in [3.63, 3.8) is 0 Å². The SMILES string of the molecule is COc1ccc(-c2csc3nc4c(n23)CCc2ccccc2-4)cc1. The van der Waals surface area contributed by atoms with Gasteiger partial charge in [-0.15, -0.1) is 11.3 Å². The third kappa shape index (κ3) is 1.93. The molecule has 0 saturated carbocycles. The van der Waals surface area contributed by atoms with E-state index in [9.17, 15) is 0 Å². The highest BCUT2D eigenvalue weighted by atomic mass is 32.1. The zero-order valence-corrected chi connectivity index (χ0v) is 14.1. The number of hydrogen-bond acceptors (Lipinski definition) is 3. The van der Waals surface area contributed by atoms with Crippen LogP contribution in [0.15, 0.2) is 53.9 Å². The second-order valence-corrected chi connectivity index (χ2v) is 6.87. The molecule has 0 radical (unpaired) electrons. The van der Waals surface area contributed by atoms with E-state index in [0.717, 1.165) is 29.2 Å². The number of hydrogen-bond donors (Lipinski definition) is 0. The molecule has 0 fully saturated rings. The van der Waals surface area contributed by atoms with Crippen molar-refractivity contribution in [2.75, 3.05) is 7.11 Å². The van der Waals surface area contributed by atoms with Gasteiger partial charge in [-0.05, 0) is 48.2 Å². The summed E-state index contributed by atoms with van der Waals surface area (Å²) in [6, 6.07) is 16.9. The molecule has 118 valence electrons. The first-order chi connectivity index (χ1) is 11.8. The number of fused-ring (bicyclic) bond motifs is 5. The maximum absolute atomic E-state index is 5.27. The number of aryl methyl sites for hydroxylation is 2. The van der Waals surface area contributed by atoms with E-state index >= 15 is 0 Å². The summed E-state index contributed by atoms with van der Waals surface area (Å²) in [5.41, 5.74) is 7.58. The lowest BCUT2D eigenvalue weighted by atomic mass is 9.92. The Bertz CT molecular complexity index is 1040. The smallest absolute Gasteiger partial charge is 0.194 e. The fourth-order valence-electron chi connectivity index (χ4n) is 3.55. The first kappa shape index (κ1) is 13.8. The Morgan fingerprint density at radius 2 is 1.88 bits per heavy atom. The first-order valence-electron chi connectivity index (χ1n) is 8.06. The minimum Gasteiger partial charge on any atom is -0.497 e. The van der Waals surface area contributed by atoms with Gasteiger partial charge in [0, 0.05) is 10.9 Å². The topological polar surface area (TPSA) is 26.5 Å². The molecule has 0 atom stereocenters. The Morgan fingerprint density at radius 1 is 1.04 bits per heavy atom. The van der Waals surface area contributed by atoms with Gasteiger partial charge in [-0.2, -0.15) is 0 Å². The van der Waals surface area contributed by atoms with E-state index in [1.165, 1.54) is 28.1 Å². The summed E-state index contributed by atoms with van der Waals surface area (Å²) in [4.78, 5) is 6.00. The van der Waals surface area contributed by atoms with E-state index in [1.54, 1.807) is 18.4 Å². The minimum atomic E-state index is 0.881. The van der Waals surface area contributed by atoms with E-state index in [2.05, 4.69) is 46.2 Å². The molecule has 2 heterocycles. The summed E-state index contributed by atoms with van der Waals surface area (Å²) in [5, 5.41) is 2.20. The van der Waals surface area contributed by atoms with Crippen LogP contribution in [0.1, 0.15) is 11.3 Å². The number of ether oxygens (including phenoxy) is 1. The Balaban J connectivity index is 1.72. The van der Waals surface area contributed by atoms with Crippen LogP contribution in [0.25, 0.3) is 27.5 Å². The van der Waals surface area contributed by atoms with Crippen LogP contribution in [0.2, 0.25) is 0 Å². The average molecular weight is 332 g/mol. The maximum atomic E-state index is 5.27. The van der Waals surface area contributed by atoms with Gasteiger partial charge >= 0.3 is 0 Å². The molecular weight excluding hydrogens is 316 g/mol. The summed E-state index contributed by atoms with van der Waals surface area (Å²) in [6.45, 7) is 0. The average Bonchev–Trinajstić information content (AvgIpc) is 3.21. The van der Waals surface area contributed by atoms with Gasteiger partial charge in [0.25, 0.3) is 0 Å². The highest BCUT2D eigenvalue weighted by Gasteiger charge is 2.23. The van der Waals surface area contributed by atoms with Crippen molar-refractivity contribution in [2.24, 2.45) is 0 Å². The number of imidazole rings is 1. The van der Waals surface area contributed by atoms with Crippen LogP contribution in [-0.4, -0.2) is 16.5 Å². The van der Waals surface area contributed by atoms with Crippen molar-refractivity contribution in [1.29, 1.82) is 0 Å². The molecule has 3 nitrogen and oxygen atoms in total. The molecule has 4 aromatic rings. The van der Waals surface area contributed by atoms with Crippen LogP contribution in [0.5, 0.6) is 5.75 Å². The Hall–Kier alpha value is -2.59. The van der Waals surface area contributed by atoms with Crippen LogP contribution >= 0.6 is 11.3 Å². The Labute approximate surface area is 144 Å². The summed E-state index contributed by atoms with van der Waals surface area (Å²) < 4.78 is 7.60. The Kier molecular flexibility index (Phi) is 3.00. The van der Waals surface area contributed by atoms with Crippen molar-refractivity contribution in [2.45, 2.75) is 12.8 Å². The van der Waals surface area contributed by atoms with E-state index in [-0.39, 0.29) is 0 Å². The van der Waals surface area contributed by atoms with Crippen molar-refractivity contribution >= 4 is 16.3 Å². The predicted molar refractivity (Wildman–Crippen MR) is 97.9 cm³/mol. The molecule has 5 rings (SSSR count). The van der Waals surface area contributed by atoms with Crippen LogP contribution in [0, 0.1) is 0 Å². The highest BCUT2D eigenvalue weighted by Crippen LogP contribution is 2.37. The molecule has 0 N–H and O–H groups in total. The fraction of sp³-hybridized carbons (Fsp3) is 0.150. The molecule has 1 aliphatic carbocycles. The zero-order valence-electron chi connectivity index (χ0n) is 13.3. The third-order valence-electron chi connectivity index (χ3n) is 4.75. The van der Waals surface area contributed by atoms with Gasteiger partial charge in [0.1, 0.15) is 5.75 Å². The first-order valence-corrected chi connectivity index (χ1v) is 8.94. The summed E-state index contributed by atoms with van der Waals surface area (Å²) in [5.74, 6) is 0.881. The van der Waals surface area contributed by atoms with Crippen molar-refractivity contribution in [1.82, 2.24) is 9.38 Å². The second kappa shape index (κ2) is 5.21. The quantitative estimate of drug-likeness (QED) is 0.525. The lowest BCUT2D eigenvalue weighted by molar-refractivity contribution is 0.415. The predicted octanol–water partition coefficient (Wildman–Crippen LogP) is 4.84. The molecule has 0 saturated heterocycles. The molecule has 2 aromatic carbocycles. The van der Waals surface area contributed by atoms with Crippen molar-refractivity contribution < 1.29 is 4.74 Å².